The molecule has 5 heteroatoms. The SMILES string of the molecule is C=CCN(CCC[C@H](N)C(=O)O)C1CC1c1ccc(F)cc1. The van der Waals surface area contributed by atoms with Gasteiger partial charge in [-0.3, -0.25) is 9.69 Å². The fraction of sp³-hybridized carbons (Fsp3) is 0.471. The number of nitrogens with zero attached hydrogens (tertiary/aromatic N) is 1. The predicted molar refractivity (Wildman–Crippen MR) is 84.2 cm³/mol. The third-order valence-corrected chi connectivity index (χ3v) is 4.17. The summed E-state index contributed by atoms with van der Waals surface area (Å²) in [4.78, 5) is 13.0. The summed E-state index contributed by atoms with van der Waals surface area (Å²) in [7, 11) is 0. The minimum Gasteiger partial charge on any atom is -0.480 e. The number of benzene rings is 1. The third-order valence-electron chi connectivity index (χ3n) is 4.17. The number of carboxylic acid groups (broad SMARTS) is 1. The second kappa shape index (κ2) is 7.51. The smallest absolute Gasteiger partial charge is 0.320 e. The summed E-state index contributed by atoms with van der Waals surface area (Å²) in [6, 6.07) is 6.30. The quantitative estimate of drug-likeness (QED) is 0.687. The molecule has 2 rings (SSSR count). The van der Waals surface area contributed by atoms with Crippen LogP contribution in [-0.2, 0) is 4.79 Å². The highest BCUT2D eigenvalue weighted by molar-refractivity contribution is 5.72. The van der Waals surface area contributed by atoms with Crippen molar-refractivity contribution in [1.29, 1.82) is 0 Å². The van der Waals surface area contributed by atoms with Crippen LogP contribution in [0.1, 0.15) is 30.7 Å². The summed E-state index contributed by atoms with van der Waals surface area (Å²) >= 11 is 0. The molecular weight excluding hydrogens is 283 g/mol. The number of hydrogen-bond acceptors (Lipinski definition) is 3. The Kier molecular flexibility index (Phi) is 5.69. The van der Waals surface area contributed by atoms with Crippen LogP contribution in [-0.4, -0.2) is 41.1 Å². The predicted octanol–water partition coefficient (Wildman–Crippen LogP) is 2.36. The first-order chi connectivity index (χ1) is 10.5. The van der Waals surface area contributed by atoms with Crippen molar-refractivity contribution in [3.8, 4) is 0 Å². The van der Waals surface area contributed by atoms with Crippen LogP contribution < -0.4 is 5.73 Å². The molecule has 0 aliphatic heterocycles. The number of rotatable bonds is 9. The van der Waals surface area contributed by atoms with Gasteiger partial charge in [-0.05, 0) is 43.5 Å². The van der Waals surface area contributed by atoms with E-state index in [0.717, 1.165) is 31.5 Å². The van der Waals surface area contributed by atoms with E-state index in [-0.39, 0.29) is 5.82 Å². The van der Waals surface area contributed by atoms with Gasteiger partial charge in [-0.2, -0.15) is 0 Å². The van der Waals surface area contributed by atoms with Gasteiger partial charge >= 0.3 is 5.97 Å². The number of aliphatic carboxylic acids is 1. The average molecular weight is 306 g/mol. The number of carbonyl (C=O) groups is 1. The van der Waals surface area contributed by atoms with Crippen molar-refractivity contribution in [2.75, 3.05) is 13.1 Å². The molecule has 1 saturated carbocycles. The highest BCUT2D eigenvalue weighted by atomic mass is 19.1. The van der Waals surface area contributed by atoms with Crippen molar-refractivity contribution in [2.45, 2.75) is 37.3 Å². The van der Waals surface area contributed by atoms with Crippen LogP contribution in [0.2, 0.25) is 0 Å². The van der Waals surface area contributed by atoms with Crippen molar-refractivity contribution in [3.05, 3.63) is 48.3 Å². The molecule has 1 aliphatic carbocycles. The fourth-order valence-electron chi connectivity index (χ4n) is 2.85. The first-order valence-corrected chi connectivity index (χ1v) is 7.61. The molecule has 0 bridgehead atoms. The molecule has 1 fully saturated rings. The lowest BCUT2D eigenvalue weighted by Crippen LogP contribution is -2.33. The summed E-state index contributed by atoms with van der Waals surface area (Å²) < 4.78 is 13.0. The fourth-order valence-corrected chi connectivity index (χ4v) is 2.85. The lowest BCUT2D eigenvalue weighted by molar-refractivity contribution is -0.138. The Hall–Kier alpha value is -1.72. The van der Waals surface area contributed by atoms with Gasteiger partial charge in [0.15, 0.2) is 0 Å². The van der Waals surface area contributed by atoms with Crippen LogP contribution in [0.15, 0.2) is 36.9 Å². The van der Waals surface area contributed by atoms with E-state index < -0.39 is 12.0 Å². The molecular formula is C17H23FN2O2. The second-order valence-corrected chi connectivity index (χ2v) is 5.83. The Morgan fingerprint density at radius 3 is 2.77 bits per heavy atom. The van der Waals surface area contributed by atoms with Gasteiger partial charge in [0.2, 0.25) is 0 Å². The van der Waals surface area contributed by atoms with E-state index in [0.29, 0.717) is 18.4 Å². The largest absolute Gasteiger partial charge is 0.480 e. The molecule has 0 amide bonds. The molecule has 0 saturated heterocycles. The molecule has 1 aromatic rings. The summed E-state index contributed by atoms with van der Waals surface area (Å²) in [6.45, 7) is 5.35. The molecule has 4 nitrogen and oxygen atoms in total. The van der Waals surface area contributed by atoms with Gasteiger partial charge < -0.3 is 10.8 Å². The van der Waals surface area contributed by atoms with E-state index in [4.69, 9.17) is 10.8 Å². The topological polar surface area (TPSA) is 66.6 Å². The standard InChI is InChI=1S/C17H23FN2O2/c1-2-9-20(10-3-4-15(19)17(21)22)16-11-14(16)12-5-7-13(18)8-6-12/h2,5-8,14-16H,1,3-4,9-11,19H2,(H,21,22)/t14?,15-,16?/m0/s1. The Morgan fingerprint density at radius 2 is 2.18 bits per heavy atom. The second-order valence-electron chi connectivity index (χ2n) is 5.83. The molecule has 120 valence electrons. The molecule has 22 heavy (non-hydrogen) atoms. The molecule has 0 heterocycles. The van der Waals surface area contributed by atoms with Crippen LogP contribution in [0.5, 0.6) is 0 Å². The van der Waals surface area contributed by atoms with E-state index in [1.807, 2.05) is 18.2 Å². The van der Waals surface area contributed by atoms with Crippen LogP contribution >= 0.6 is 0 Å². The highest BCUT2D eigenvalue weighted by Gasteiger charge is 2.41. The normalized spacial score (nSPS) is 21.6. The maximum atomic E-state index is 13.0. The molecule has 0 spiro atoms. The number of nitrogens with two attached hydrogens (primary N) is 1. The van der Waals surface area contributed by atoms with Crippen LogP contribution in [0.4, 0.5) is 4.39 Å². The zero-order valence-electron chi connectivity index (χ0n) is 12.6. The van der Waals surface area contributed by atoms with Crippen molar-refractivity contribution in [1.82, 2.24) is 4.90 Å². The van der Waals surface area contributed by atoms with Crippen molar-refractivity contribution < 1.29 is 14.3 Å². The molecule has 3 N–H and O–H groups in total. The van der Waals surface area contributed by atoms with Crippen LogP contribution in [0.3, 0.4) is 0 Å². The molecule has 0 aromatic heterocycles. The minimum atomic E-state index is -0.953. The van der Waals surface area contributed by atoms with Crippen molar-refractivity contribution in [2.24, 2.45) is 5.73 Å². The van der Waals surface area contributed by atoms with Gasteiger partial charge in [0.25, 0.3) is 0 Å². The minimum absolute atomic E-state index is 0.216. The van der Waals surface area contributed by atoms with Gasteiger partial charge in [0, 0.05) is 18.5 Å². The molecule has 2 unspecified atom stereocenters. The lowest BCUT2D eigenvalue weighted by atomic mass is 10.1. The Labute approximate surface area is 130 Å². The number of carboxylic acids is 1. The van der Waals surface area contributed by atoms with Crippen molar-refractivity contribution >= 4 is 5.97 Å². The summed E-state index contributed by atoms with van der Waals surface area (Å²) in [5.41, 5.74) is 6.68. The monoisotopic (exact) mass is 306 g/mol. The zero-order valence-corrected chi connectivity index (χ0v) is 12.6. The summed E-state index contributed by atoms with van der Waals surface area (Å²) in [5.74, 6) is -0.744. The van der Waals surface area contributed by atoms with Crippen molar-refractivity contribution in [3.63, 3.8) is 0 Å². The lowest BCUT2D eigenvalue weighted by Gasteiger charge is -2.21. The molecule has 3 atom stereocenters. The maximum absolute atomic E-state index is 13.0. The Balaban J connectivity index is 1.86. The van der Waals surface area contributed by atoms with E-state index in [9.17, 15) is 9.18 Å². The van der Waals surface area contributed by atoms with Gasteiger partial charge in [0.05, 0.1) is 0 Å². The van der Waals surface area contributed by atoms with Crippen LogP contribution in [0, 0.1) is 5.82 Å². The van der Waals surface area contributed by atoms with Crippen LogP contribution in [0.25, 0.3) is 0 Å². The Morgan fingerprint density at radius 1 is 1.50 bits per heavy atom. The van der Waals surface area contributed by atoms with Gasteiger partial charge in [-0.1, -0.05) is 18.2 Å². The summed E-state index contributed by atoms with van der Waals surface area (Å²) in [6.07, 6.45) is 4.12. The summed E-state index contributed by atoms with van der Waals surface area (Å²) in [5, 5.41) is 8.80. The first kappa shape index (κ1) is 16.6. The third kappa shape index (κ3) is 4.39. The zero-order chi connectivity index (χ0) is 16.1. The van der Waals surface area contributed by atoms with E-state index in [1.165, 1.54) is 12.1 Å². The van der Waals surface area contributed by atoms with E-state index >= 15 is 0 Å². The van der Waals surface area contributed by atoms with E-state index in [1.54, 1.807) is 0 Å². The van der Waals surface area contributed by atoms with Gasteiger partial charge in [-0.15, -0.1) is 6.58 Å². The molecule has 1 aromatic carbocycles. The Bertz CT molecular complexity index is 518. The van der Waals surface area contributed by atoms with E-state index in [2.05, 4.69) is 11.5 Å². The number of hydrogen-bond donors (Lipinski definition) is 2. The number of halogens is 1. The molecule has 1 aliphatic rings. The highest BCUT2D eigenvalue weighted by Crippen LogP contribution is 2.44. The first-order valence-electron chi connectivity index (χ1n) is 7.61. The molecule has 0 radical (unpaired) electrons. The van der Waals surface area contributed by atoms with Gasteiger partial charge in [0.1, 0.15) is 11.9 Å². The maximum Gasteiger partial charge on any atom is 0.320 e. The average Bonchev–Trinajstić information content (AvgIpc) is 3.27. The van der Waals surface area contributed by atoms with Gasteiger partial charge in [-0.25, -0.2) is 4.39 Å².